The zero-order valence-electron chi connectivity index (χ0n) is 13.5. The van der Waals surface area contributed by atoms with Crippen molar-refractivity contribution < 1.29 is 4.79 Å². The van der Waals surface area contributed by atoms with Gasteiger partial charge in [-0.15, -0.1) is 0 Å². The molecule has 2 heterocycles. The zero-order chi connectivity index (χ0) is 16.2. The lowest BCUT2D eigenvalue weighted by Crippen LogP contribution is -2.47. The van der Waals surface area contributed by atoms with Crippen molar-refractivity contribution >= 4 is 16.7 Å². The van der Waals surface area contributed by atoms with E-state index in [9.17, 15) is 9.59 Å². The fourth-order valence-corrected chi connectivity index (χ4v) is 3.29. The number of pyridine rings is 1. The topological polar surface area (TPSA) is 65.2 Å². The minimum atomic E-state index is -0.201. The molecular formula is C18H23N3O2. The van der Waals surface area contributed by atoms with E-state index in [1.165, 1.54) is 0 Å². The summed E-state index contributed by atoms with van der Waals surface area (Å²) in [6.45, 7) is 4.67. The highest BCUT2D eigenvalue weighted by molar-refractivity contribution is 5.96. The Kier molecular flexibility index (Phi) is 4.76. The van der Waals surface area contributed by atoms with Crippen molar-refractivity contribution in [3.05, 3.63) is 46.4 Å². The second-order valence-corrected chi connectivity index (χ2v) is 6.08. The molecule has 5 nitrogen and oxygen atoms in total. The lowest BCUT2D eigenvalue weighted by molar-refractivity contribution is 0.0636. The number of aromatic amines is 1. The molecule has 1 amide bonds. The first-order valence-electron chi connectivity index (χ1n) is 8.34. The number of nitrogens with one attached hydrogen (secondary N) is 2. The molecule has 1 saturated heterocycles. The van der Waals surface area contributed by atoms with E-state index in [4.69, 9.17) is 0 Å². The largest absolute Gasteiger partial charge is 0.334 e. The molecule has 1 aromatic heterocycles. The molecular weight excluding hydrogens is 290 g/mol. The predicted molar refractivity (Wildman–Crippen MR) is 91.8 cm³/mol. The standard InChI is InChI=1S/C18H23N3O2/c1-2-11-21(14-7-9-19-10-8-14)18(23)16-12-13-5-3-4-6-15(13)17(22)20-16/h3-6,12,14,19H,2,7-11H2,1H3,(H,20,22). The van der Waals surface area contributed by atoms with Gasteiger partial charge >= 0.3 is 0 Å². The minimum absolute atomic E-state index is 0.0680. The van der Waals surface area contributed by atoms with Gasteiger partial charge in [0.05, 0.1) is 0 Å². The number of fused-ring (bicyclic) bond motifs is 1. The number of rotatable bonds is 4. The van der Waals surface area contributed by atoms with Crippen LogP contribution < -0.4 is 10.9 Å². The molecule has 122 valence electrons. The van der Waals surface area contributed by atoms with E-state index in [1.54, 1.807) is 12.1 Å². The predicted octanol–water partition coefficient (Wildman–Crippen LogP) is 2.13. The number of carbonyl (C=O) groups excluding carboxylic acids is 1. The van der Waals surface area contributed by atoms with Gasteiger partial charge in [-0.3, -0.25) is 9.59 Å². The molecule has 0 spiro atoms. The van der Waals surface area contributed by atoms with Crippen LogP contribution >= 0.6 is 0 Å². The smallest absolute Gasteiger partial charge is 0.270 e. The fourth-order valence-electron chi connectivity index (χ4n) is 3.29. The molecule has 1 aliphatic heterocycles. The lowest BCUT2D eigenvalue weighted by Gasteiger charge is -2.34. The lowest BCUT2D eigenvalue weighted by atomic mass is 10.0. The summed E-state index contributed by atoms with van der Waals surface area (Å²) in [6, 6.07) is 9.40. The van der Waals surface area contributed by atoms with Gasteiger partial charge in [0.1, 0.15) is 5.69 Å². The Morgan fingerprint density at radius 2 is 2.00 bits per heavy atom. The molecule has 0 bridgehead atoms. The highest BCUT2D eigenvalue weighted by Gasteiger charge is 2.26. The van der Waals surface area contributed by atoms with E-state index in [1.807, 2.05) is 23.1 Å². The number of piperidine rings is 1. The van der Waals surface area contributed by atoms with Gasteiger partial charge < -0.3 is 15.2 Å². The Morgan fingerprint density at radius 1 is 1.26 bits per heavy atom. The van der Waals surface area contributed by atoms with Gasteiger partial charge in [-0.2, -0.15) is 0 Å². The number of H-pyrrole nitrogens is 1. The van der Waals surface area contributed by atoms with Crippen LogP contribution in [0, 0.1) is 0 Å². The van der Waals surface area contributed by atoms with Gasteiger partial charge in [0.15, 0.2) is 0 Å². The molecule has 5 heteroatoms. The average Bonchev–Trinajstić information content (AvgIpc) is 2.60. The first-order valence-corrected chi connectivity index (χ1v) is 8.34. The van der Waals surface area contributed by atoms with Gasteiger partial charge in [0.25, 0.3) is 11.5 Å². The molecule has 0 radical (unpaired) electrons. The quantitative estimate of drug-likeness (QED) is 0.909. The highest BCUT2D eigenvalue weighted by atomic mass is 16.2. The third-order valence-corrected chi connectivity index (χ3v) is 4.46. The van der Waals surface area contributed by atoms with Gasteiger partial charge in [-0.05, 0) is 49.9 Å². The first-order chi connectivity index (χ1) is 11.2. The van der Waals surface area contributed by atoms with Gasteiger partial charge in [0.2, 0.25) is 0 Å². The third-order valence-electron chi connectivity index (χ3n) is 4.46. The van der Waals surface area contributed by atoms with E-state index in [-0.39, 0.29) is 17.5 Å². The van der Waals surface area contributed by atoms with E-state index in [0.717, 1.165) is 44.3 Å². The van der Waals surface area contributed by atoms with Crippen molar-refractivity contribution in [2.45, 2.75) is 32.2 Å². The maximum Gasteiger partial charge on any atom is 0.270 e. The maximum absolute atomic E-state index is 13.0. The van der Waals surface area contributed by atoms with Crippen LogP contribution in [0.5, 0.6) is 0 Å². The number of nitrogens with zero attached hydrogens (tertiary/aromatic N) is 1. The fraction of sp³-hybridized carbons (Fsp3) is 0.444. The number of aromatic nitrogens is 1. The summed E-state index contributed by atoms with van der Waals surface area (Å²) in [7, 11) is 0. The van der Waals surface area contributed by atoms with Crippen molar-refractivity contribution in [2.24, 2.45) is 0 Å². The Hall–Kier alpha value is -2.14. The average molecular weight is 313 g/mol. The number of hydrogen-bond donors (Lipinski definition) is 2. The number of amides is 1. The van der Waals surface area contributed by atoms with Crippen LogP contribution in [0.25, 0.3) is 10.8 Å². The summed E-state index contributed by atoms with van der Waals surface area (Å²) in [6.07, 6.45) is 2.83. The van der Waals surface area contributed by atoms with E-state index < -0.39 is 0 Å². The van der Waals surface area contributed by atoms with Crippen LogP contribution in [0.1, 0.15) is 36.7 Å². The molecule has 1 aromatic carbocycles. The first kappa shape index (κ1) is 15.7. The van der Waals surface area contributed by atoms with Crippen LogP contribution in [0.2, 0.25) is 0 Å². The molecule has 3 rings (SSSR count). The van der Waals surface area contributed by atoms with E-state index in [2.05, 4.69) is 17.2 Å². The van der Waals surface area contributed by atoms with Gasteiger partial charge in [0, 0.05) is 18.0 Å². The molecule has 0 atom stereocenters. The number of hydrogen-bond acceptors (Lipinski definition) is 3. The van der Waals surface area contributed by atoms with Crippen LogP contribution in [0.15, 0.2) is 35.1 Å². The molecule has 0 saturated carbocycles. The summed E-state index contributed by atoms with van der Waals surface area (Å²) < 4.78 is 0. The Bertz CT molecular complexity index is 747. The zero-order valence-corrected chi connectivity index (χ0v) is 13.5. The van der Waals surface area contributed by atoms with Crippen molar-refractivity contribution in [1.29, 1.82) is 0 Å². The van der Waals surface area contributed by atoms with Crippen LogP contribution in [0.4, 0.5) is 0 Å². The van der Waals surface area contributed by atoms with Crippen molar-refractivity contribution in [1.82, 2.24) is 15.2 Å². The Balaban J connectivity index is 1.94. The van der Waals surface area contributed by atoms with Crippen LogP contribution in [0.3, 0.4) is 0 Å². The summed E-state index contributed by atoms with van der Waals surface area (Å²) in [5.41, 5.74) is 0.189. The molecule has 1 fully saturated rings. The van der Waals surface area contributed by atoms with Gasteiger partial charge in [-0.25, -0.2) is 0 Å². The molecule has 0 unspecified atom stereocenters. The number of carbonyl (C=O) groups is 1. The Labute approximate surface area is 135 Å². The number of benzene rings is 1. The highest BCUT2D eigenvalue weighted by Crippen LogP contribution is 2.17. The third kappa shape index (κ3) is 3.29. The van der Waals surface area contributed by atoms with Gasteiger partial charge in [-0.1, -0.05) is 25.1 Å². The summed E-state index contributed by atoms with van der Waals surface area (Å²) in [4.78, 5) is 29.9. The summed E-state index contributed by atoms with van der Waals surface area (Å²) in [5, 5.41) is 4.75. The maximum atomic E-state index is 13.0. The second-order valence-electron chi connectivity index (χ2n) is 6.08. The minimum Gasteiger partial charge on any atom is -0.334 e. The molecule has 0 aliphatic carbocycles. The molecule has 23 heavy (non-hydrogen) atoms. The van der Waals surface area contributed by atoms with E-state index >= 15 is 0 Å². The molecule has 2 N–H and O–H groups in total. The van der Waals surface area contributed by atoms with Crippen LogP contribution in [-0.4, -0.2) is 41.5 Å². The molecule has 1 aliphatic rings. The Morgan fingerprint density at radius 3 is 2.74 bits per heavy atom. The summed E-state index contributed by atoms with van der Waals surface area (Å²) >= 11 is 0. The summed E-state index contributed by atoms with van der Waals surface area (Å²) in [5.74, 6) is -0.0680. The SMILES string of the molecule is CCCN(C(=O)c1cc2ccccc2c(=O)[nH]1)C1CCNCC1. The van der Waals surface area contributed by atoms with E-state index in [0.29, 0.717) is 11.1 Å². The van der Waals surface area contributed by atoms with Crippen molar-refractivity contribution in [3.8, 4) is 0 Å². The van der Waals surface area contributed by atoms with Crippen LogP contribution in [-0.2, 0) is 0 Å². The second kappa shape index (κ2) is 6.96. The normalized spacial score (nSPS) is 15.7. The van der Waals surface area contributed by atoms with Crippen molar-refractivity contribution in [2.75, 3.05) is 19.6 Å². The molecule has 2 aromatic rings. The monoisotopic (exact) mass is 313 g/mol. The van der Waals surface area contributed by atoms with Crippen molar-refractivity contribution in [3.63, 3.8) is 0 Å².